The Balaban J connectivity index is 1.89. The third-order valence-corrected chi connectivity index (χ3v) is 4.59. The van der Waals surface area contributed by atoms with Crippen LogP contribution >= 0.6 is 0 Å². The van der Waals surface area contributed by atoms with Gasteiger partial charge in [0.1, 0.15) is 5.75 Å². The average Bonchev–Trinajstić information content (AvgIpc) is 2.66. The molecule has 0 spiro atoms. The first kappa shape index (κ1) is 16.9. The Morgan fingerprint density at radius 3 is 2.83 bits per heavy atom. The smallest absolute Gasteiger partial charge is 0.128 e. The molecule has 1 fully saturated rings. The van der Waals surface area contributed by atoms with Crippen molar-refractivity contribution >= 4 is 0 Å². The van der Waals surface area contributed by atoms with E-state index in [9.17, 15) is 0 Å². The van der Waals surface area contributed by atoms with Gasteiger partial charge in [-0.2, -0.15) is 0 Å². The fraction of sp³-hybridized carbons (Fsp3) is 0.474. The molecule has 1 atom stereocenters. The van der Waals surface area contributed by atoms with Crippen molar-refractivity contribution in [3.8, 4) is 17.0 Å². The topological polar surface area (TPSA) is 47.5 Å². The molecule has 0 bridgehead atoms. The summed E-state index contributed by atoms with van der Waals surface area (Å²) in [5.41, 5.74) is 3.02. The number of ether oxygens (including phenoxy) is 2. The highest BCUT2D eigenvalue weighted by Gasteiger charge is 2.26. The lowest BCUT2D eigenvalue weighted by molar-refractivity contribution is 0.127. The Hall–Kier alpha value is -1.98. The summed E-state index contributed by atoms with van der Waals surface area (Å²) in [6.07, 6.45) is 5.87. The van der Waals surface area contributed by atoms with Crippen molar-refractivity contribution in [1.29, 1.82) is 0 Å². The Morgan fingerprint density at radius 2 is 2.00 bits per heavy atom. The minimum absolute atomic E-state index is 0.393. The molecule has 0 radical (unpaired) electrons. The highest BCUT2D eigenvalue weighted by molar-refractivity contribution is 5.69. The number of methoxy groups -OCH3 is 2. The van der Waals surface area contributed by atoms with E-state index in [1.165, 1.54) is 6.42 Å². The fourth-order valence-electron chi connectivity index (χ4n) is 3.40. The van der Waals surface area contributed by atoms with E-state index >= 15 is 0 Å². The molecule has 5 nitrogen and oxygen atoms in total. The van der Waals surface area contributed by atoms with E-state index < -0.39 is 0 Å². The minimum Gasteiger partial charge on any atom is -0.496 e. The van der Waals surface area contributed by atoms with Crippen molar-refractivity contribution in [3.63, 3.8) is 0 Å². The van der Waals surface area contributed by atoms with Gasteiger partial charge in [0.05, 0.1) is 25.1 Å². The summed E-state index contributed by atoms with van der Waals surface area (Å²) < 4.78 is 10.7. The van der Waals surface area contributed by atoms with Gasteiger partial charge in [-0.3, -0.25) is 9.97 Å². The zero-order valence-electron chi connectivity index (χ0n) is 14.4. The molecule has 0 unspecified atom stereocenters. The van der Waals surface area contributed by atoms with Crippen LogP contribution in [0.15, 0.2) is 36.7 Å². The van der Waals surface area contributed by atoms with E-state index in [1.54, 1.807) is 26.6 Å². The van der Waals surface area contributed by atoms with E-state index in [0.29, 0.717) is 5.92 Å². The van der Waals surface area contributed by atoms with Crippen LogP contribution in [-0.2, 0) is 4.74 Å². The van der Waals surface area contributed by atoms with Crippen LogP contribution in [0.3, 0.4) is 0 Å². The predicted molar refractivity (Wildman–Crippen MR) is 94.3 cm³/mol. The van der Waals surface area contributed by atoms with Gasteiger partial charge in [0.15, 0.2) is 0 Å². The summed E-state index contributed by atoms with van der Waals surface area (Å²) in [5, 5.41) is 0. The van der Waals surface area contributed by atoms with Crippen LogP contribution in [0.1, 0.15) is 24.5 Å². The standard InChI is InChI=1S/C19H25N3O2/c1-23-13-12-22-11-5-6-15(14-22)18-19(21-10-9-20-18)16-7-3-4-8-17(16)24-2/h3-4,7-10,15H,5-6,11-14H2,1-2H3/t15-/m1/s1. The van der Waals surface area contributed by atoms with Gasteiger partial charge in [-0.1, -0.05) is 12.1 Å². The molecule has 1 saturated heterocycles. The average molecular weight is 327 g/mol. The molecule has 5 heteroatoms. The van der Waals surface area contributed by atoms with Crippen molar-refractivity contribution in [3.05, 3.63) is 42.4 Å². The molecule has 128 valence electrons. The van der Waals surface area contributed by atoms with E-state index in [1.807, 2.05) is 18.2 Å². The summed E-state index contributed by atoms with van der Waals surface area (Å²) in [6.45, 7) is 3.87. The van der Waals surface area contributed by atoms with Gasteiger partial charge < -0.3 is 14.4 Å². The lowest BCUT2D eigenvalue weighted by Gasteiger charge is -2.32. The fourth-order valence-corrected chi connectivity index (χ4v) is 3.40. The Kier molecular flexibility index (Phi) is 5.77. The molecule has 0 saturated carbocycles. The van der Waals surface area contributed by atoms with Crippen LogP contribution in [0.2, 0.25) is 0 Å². The molecule has 0 aliphatic carbocycles. The number of hydrogen-bond acceptors (Lipinski definition) is 5. The van der Waals surface area contributed by atoms with Crippen molar-refractivity contribution in [1.82, 2.24) is 14.9 Å². The zero-order chi connectivity index (χ0) is 16.8. The Labute approximate surface area is 143 Å². The van der Waals surface area contributed by atoms with Crippen LogP contribution < -0.4 is 4.74 Å². The van der Waals surface area contributed by atoms with E-state index in [2.05, 4.69) is 16.0 Å². The highest BCUT2D eigenvalue weighted by atomic mass is 16.5. The number of nitrogens with zero attached hydrogens (tertiary/aromatic N) is 3. The second-order valence-electron chi connectivity index (χ2n) is 6.12. The van der Waals surface area contributed by atoms with Crippen molar-refractivity contribution in [2.45, 2.75) is 18.8 Å². The van der Waals surface area contributed by atoms with Gasteiger partial charge in [0.25, 0.3) is 0 Å². The third kappa shape index (κ3) is 3.74. The SMILES string of the molecule is COCCN1CCC[C@@H](c2nccnc2-c2ccccc2OC)C1. The van der Waals surface area contributed by atoms with Crippen LogP contribution in [-0.4, -0.2) is 55.3 Å². The number of rotatable bonds is 6. The van der Waals surface area contributed by atoms with Gasteiger partial charge in [-0.25, -0.2) is 0 Å². The van der Waals surface area contributed by atoms with Crippen LogP contribution in [0.5, 0.6) is 5.75 Å². The number of para-hydroxylation sites is 1. The molecule has 2 aromatic rings. The molecule has 1 aliphatic rings. The van der Waals surface area contributed by atoms with Gasteiger partial charge in [0.2, 0.25) is 0 Å². The van der Waals surface area contributed by atoms with Gasteiger partial charge >= 0.3 is 0 Å². The number of hydrogen-bond donors (Lipinski definition) is 0. The maximum absolute atomic E-state index is 5.52. The predicted octanol–water partition coefficient (Wildman–Crippen LogP) is 2.98. The maximum Gasteiger partial charge on any atom is 0.128 e. The second-order valence-corrected chi connectivity index (χ2v) is 6.12. The molecule has 24 heavy (non-hydrogen) atoms. The summed E-state index contributed by atoms with van der Waals surface area (Å²) in [5.74, 6) is 1.23. The zero-order valence-corrected chi connectivity index (χ0v) is 14.4. The van der Waals surface area contributed by atoms with Gasteiger partial charge in [-0.05, 0) is 31.5 Å². The molecule has 1 aromatic carbocycles. The molecule has 2 heterocycles. The van der Waals surface area contributed by atoms with Crippen molar-refractivity contribution < 1.29 is 9.47 Å². The number of benzene rings is 1. The van der Waals surface area contributed by atoms with Gasteiger partial charge in [-0.15, -0.1) is 0 Å². The third-order valence-electron chi connectivity index (χ3n) is 4.59. The van der Waals surface area contributed by atoms with Crippen LogP contribution in [0.4, 0.5) is 0 Å². The first-order chi connectivity index (χ1) is 11.8. The lowest BCUT2D eigenvalue weighted by Crippen LogP contribution is -2.37. The summed E-state index contributed by atoms with van der Waals surface area (Å²) in [7, 11) is 3.45. The van der Waals surface area contributed by atoms with E-state index in [-0.39, 0.29) is 0 Å². The maximum atomic E-state index is 5.52. The molecule has 1 aromatic heterocycles. The molecule has 0 N–H and O–H groups in total. The van der Waals surface area contributed by atoms with Crippen LogP contribution in [0.25, 0.3) is 11.3 Å². The largest absolute Gasteiger partial charge is 0.496 e. The molecule has 0 amide bonds. The lowest BCUT2D eigenvalue weighted by atomic mass is 9.91. The Bertz CT molecular complexity index is 663. The summed E-state index contributed by atoms with van der Waals surface area (Å²) in [4.78, 5) is 11.8. The first-order valence-electron chi connectivity index (χ1n) is 8.49. The highest BCUT2D eigenvalue weighted by Crippen LogP contribution is 2.35. The van der Waals surface area contributed by atoms with Crippen LogP contribution in [0, 0.1) is 0 Å². The number of piperidine rings is 1. The quantitative estimate of drug-likeness (QED) is 0.816. The summed E-state index contributed by atoms with van der Waals surface area (Å²) in [6, 6.07) is 8.02. The minimum atomic E-state index is 0.393. The van der Waals surface area contributed by atoms with E-state index in [0.717, 1.165) is 55.4 Å². The molecule has 1 aliphatic heterocycles. The molecular formula is C19H25N3O2. The normalized spacial score (nSPS) is 18.5. The van der Waals surface area contributed by atoms with Crippen molar-refractivity contribution in [2.75, 3.05) is 40.5 Å². The summed E-state index contributed by atoms with van der Waals surface area (Å²) >= 11 is 0. The number of likely N-dealkylation sites (tertiary alicyclic amines) is 1. The Morgan fingerprint density at radius 1 is 1.17 bits per heavy atom. The molecular weight excluding hydrogens is 302 g/mol. The second kappa shape index (κ2) is 8.22. The van der Waals surface area contributed by atoms with E-state index in [4.69, 9.17) is 14.5 Å². The van der Waals surface area contributed by atoms with Crippen molar-refractivity contribution in [2.24, 2.45) is 0 Å². The monoisotopic (exact) mass is 327 g/mol. The molecule has 3 rings (SSSR count). The number of aromatic nitrogens is 2. The van der Waals surface area contributed by atoms with Gasteiger partial charge in [0, 0.05) is 44.1 Å². The first-order valence-corrected chi connectivity index (χ1v) is 8.49.